The van der Waals surface area contributed by atoms with E-state index in [9.17, 15) is 9.59 Å². The Morgan fingerprint density at radius 3 is 2.14 bits per heavy atom. The minimum absolute atomic E-state index is 0.220. The molecule has 0 aliphatic heterocycles. The van der Waals surface area contributed by atoms with E-state index in [2.05, 4.69) is 0 Å². The zero-order valence-electron chi connectivity index (χ0n) is 13.4. The van der Waals surface area contributed by atoms with E-state index in [0.29, 0.717) is 5.69 Å². The van der Waals surface area contributed by atoms with Gasteiger partial charge < -0.3 is 14.0 Å². The zero-order valence-corrected chi connectivity index (χ0v) is 13.4. The van der Waals surface area contributed by atoms with Gasteiger partial charge in [-0.25, -0.2) is 0 Å². The molecule has 0 amide bonds. The Labute approximate surface area is 129 Å². The van der Waals surface area contributed by atoms with Crippen molar-refractivity contribution in [1.29, 1.82) is 0 Å². The number of hydrogen-bond donors (Lipinski definition) is 0. The van der Waals surface area contributed by atoms with Crippen molar-refractivity contribution in [2.24, 2.45) is 7.05 Å². The number of carbonyl (C=O) groups is 2. The maximum absolute atomic E-state index is 12.3. The fraction of sp³-hybridized carbons (Fsp3) is 0.412. The molecule has 0 unspecified atom stereocenters. The maximum Gasteiger partial charge on any atom is 0.326 e. The first-order valence-electron chi connectivity index (χ1n) is 7.40. The Morgan fingerprint density at radius 2 is 1.64 bits per heavy atom. The van der Waals surface area contributed by atoms with Gasteiger partial charge in [-0.05, 0) is 32.4 Å². The van der Waals surface area contributed by atoms with Gasteiger partial charge in [0.15, 0.2) is 5.92 Å². The van der Waals surface area contributed by atoms with Crippen molar-refractivity contribution >= 4 is 22.8 Å². The molecular formula is C17H21NO4. The molecule has 118 valence electrons. The Kier molecular flexibility index (Phi) is 4.85. The fourth-order valence-corrected chi connectivity index (χ4v) is 2.78. The number of aryl methyl sites for hydroxylation is 2. The van der Waals surface area contributed by atoms with E-state index in [1.54, 1.807) is 13.8 Å². The summed E-state index contributed by atoms with van der Waals surface area (Å²) in [5, 5.41) is 1.01. The molecular weight excluding hydrogens is 282 g/mol. The molecule has 0 bridgehead atoms. The lowest BCUT2D eigenvalue weighted by Crippen LogP contribution is -2.28. The Morgan fingerprint density at radius 1 is 1.09 bits per heavy atom. The molecule has 2 rings (SSSR count). The van der Waals surface area contributed by atoms with Crippen LogP contribution in [0.25, 0.3) is 10.9 Å². The second kappa shape index (κ2) is 6.64. The van der Waals surface area contributed by atoms with Gasteiger partial charge in [-0.2, -0.15) is 0 Å². The molecule has 1 aromatic heterocycles. The number of fused-ring (bicyclic) bond motifs is 1. The highest BCUT2D eigenvalue weighted by molar-refractivity contribution is 6.02. The number of nitrogens with zero attached hydrogens (tertiary/aromatic N) is 1. The average Bonchev–Trinajstić information content (AvgIpc) is 2.74. The van der Waals surface area contributed by atoms with E-state index in [4.69, 9.17) is 9.47 Å². The molecule has 1 heterocycles. The van der Waals surface area contributed by atoms with Crippen LogP contribution >= 0.6 is 0 Å². The molecule has 0 spiro atoms. The quantitative estimate of drug-likeness (QED) is 0.629. The summed E-state index contributed by atoms with van der Waals surface area (Å²) < 4.78 is 12.0. The molecule has 0 saturated carbocycles. The number of ether oxygens (including phenoxy) is 2. The normalized spacial score (nSPS) is 11.0. The van der Waals surface area contributed by atoms with Crippen LogP contribution in [-0.4, -0.2) is 29.7 Å². The van der Waals surface area contributed by atoms with Crippen molar-refractivity contribution in [3.05, 3.63) is 35.5 Å². The van der Waals surface area contributed by atoms with Crippen molar-refractivity contribution in [3.8, 4) is 0 Å². The van der Waals surface area contributed by atoms with E-state index in [1.165, 1.54) is 0 Å². The number of hydrogen-bond acceptors (Lipinski definition) is 4. The predicted octanol–water partition coefficient (Wildman–Crippen LogP) is 2.70. The van der Waals surface area contributed by atoms with Crippen LogP contribution in [0.5, 0.6) is 0 Å². The van der Waals surface area contributed by atoms with Gasteiger partial charge in [-0.1, -0.05) is 18.2 Å². The van der Waals surface area contributed by atoms with Gasteiger partial charge in [0.05, 0.1) is 13.2 Å². The van der Waals surface area contributed by atoms with Gasteiger partial charge in [0.1, 0.15) is 0 Å². The highest BCUT2D eigenvalue weighted by Gasteiger charge is 2.35. The summed E-state index contributed by atoms with van der Waals surface area (Å²) in [5.41, 5.74) is 2.48. The monoisotopic (exact) mass is 303 g/mol. The van der Waals surface area contributed by atoms with E-state index in [1.807, 2.05) is 42.8 Å². The zero-order chi connectivity index (χ0) is 16.3. The van der Waals surface area contributed by atoms with E-state index in [0.717, 1.165) is 16.5 Å². The van der Waals surface area contributed by atoms with Crippen molar-refractivity contribution in [2.45, 2.75) is 26.7 Å². The van der Waals surface area contributed by atoms with Gasteiger partial charge in [0.25, 0.3) is 0 Å². The predicted molar refractivity (Wildman–Crippen MR) is 83.7 cm³/mol. The van der Waals surface area contributed by atoms with Gasteiger partial charge in [0.2, 0.25) is 0 Å². The molecule has 0 atom stereocenters. The molecule has 0 aliphatic carbocycles. The topological polar surface area (TPSA) is 57.5 Å². The van der Waals surface area contributed by atoms with Gasteiger partial charge in [-0.3, -0.25) is 9.59 Å². The van der Waals surface area contributed by atoms with Crippen LogP contribution in [0.1, 0.15) is 31.0 Å². The summed E-state index contributed by atoms with van der Waals surface area (Å²) in [6, 6.07) is 7.79. The first-order valence-corrected chi connectivity index (χ1v) is 7.40. The van der Waals surface area contributed by atoms with Crippen LogP contribution in [0.15, 0.2) is 24.3 Å². The molecule has 0 aliphatic rings. The maximum atomic E-state index is 12.3. The summed E-state index contributed by atoms with van der Waals surface area (Å²) in [5.74, 6) is -2.21. The van der Waals surface area contributed by atoms with E-state index < -0.39 is 17.9 Å². The van der Waals surface area contributed by atoms with Gasteiger partial charge in [-0.15, -0.1) is 0 Å². The molecule has 5 nitrogen and oxygen atoms in total. The average molecular weight is 303 g/mol. The number of benzene rings is 1. The molecule has 0 N–H and O–H groups in total. The van der Waals surface area contributed by atoms with Crippen molar-refractivity contribution in [1.82, 2.24) is 4.57 Å². The van der Waals surface area contributed by atoms with Crippen molar-refractivity contribution in [2.75, 3.05) is 13.2 Å². The smallest absolute Gasteiger partial charge is 0.326 e. The SMILES string of the molecule is CCOC(=O)C(C(=O)OCC)c1c(C)c2ccccc2n1C. The van der Waals surface area contributed by atoms with E-state index in [-0.39, 0.29) is 13.2 Å². The summed E-state index contributed by atoms with van der Waals surface area (Å²) in [4.78, 5) is 24.6. The van der Waals surface area contributed by atoms with Gasteiger partial charge in [0, 0.05) is 23.6 Å². The molecule has 2 aromatic rings. The Bertz CT molecular complexity index is 645. The standard InChI is InChI=1S/C17H21NO4/c1-5-21-16(19)14(17(20)22-6-2)15-11(3)12-9-7-8-10-13(12)18(15)4/h7-10,14H,5-6H2,1-4H3. The summed E-state index contributed by atoms with van der Waals surface area (Å²) in [6.45, 7) is 5.78. The summed E-state index contributed by atoms with van der Waals surface area (Å²) in [7, 11) is 1.84. The third kappa shape index (κ3) is 2.71. The third-order valence-electron chi connectivity index (χ3n) is 3.73. The van der Waals surface area contributed by atoms with Crippen LogP contribution in [0.2, 0.25) is 0 Å². The van der Waals surface area contributed by atoms with Crippen LogP contribution < -0.4 is 0 Å². The summed E-state index contributed by atoms with van der Waals surface area (Å²) >= 11 is 0. The lowest BCUT2D eigenvalue weighted by atomic mass is 10.0. The number of esters is 2. The van der Waals surface area contributed by atoms with Crippen LogP contribution in [0.3, 0.4) is 0 Å². The first-order chi connectivity index (χ1) is 10.5. The number of carbonyl (C=O) groups excluding carboxylic acids is 2. The molecule has 0 fully saturated rings. The number of rotatable bonds is 5. The lowest BCUT2D eigenvalue weighted by molar-refractivity contribution is -0.157. The molecule has 5 heteroatoms. The number of aromatic nitrogens is 1. The van der Waals surface area contributed by atoms with Crippen LogP contribution in [0.4, 0.5) is 0 Å². The minimum Gasteiger partial charge on any atom is -0.465 e. The Balaban J connectivity index is 2.61. The molecule has 1 aromatic carbocycles. The largest absolute Gasteiger partial charge is 0.465 e. The van der Waals surface area contributed by atoms with Crippen LogP contribution in [-0.2, 0) is 26.1 Å². The highest BCUT2D eigenvalue weighted by Crippen LogP contribution is 2.31. The van der Waals surface area contributed by atoms with Crippen LogP contribution in [0, 0.1) is 6.92 Å². The summed E-state index contributed by atoms with van der Waals surface area (Å²) in [6.07, 6.45) is 0. The molecule has 0 saturated heterocycles. The third-order valence-corrected chi connectivity index (χ3v) is 3.73. The van der Waals surface area contributed by atoms with Crippen molar-refractivity contribution in [3.63, 3.8) is 0 Å². The Hall–Kier alpha value is -2.30. The molecule has 22 heavy (non-hydrogen) atoms. The minimum atomic E-state index is -1.06. The van der Waals surface area contributed by atoms with Crippen molar-refractivity contribution < 1.29 is 19.1 Å². The van der Waals surface area contributed by atoms with E-state index >= 15 is 0 Å². The second-order valence-electron chi connectivity index (χ2n) is 5.02. The second-order valence-corrected chi connectivity index (χ2v) is 5.02. The lowest BCUT2D eigenvalue weighted by Gasteiger charge is -2.16. The van der Waals surface area contributed by atoms with Gasteiger partial charge >= 0.3 is 11.9 Å². The fourth-order valence-electron chi connectivity index (χ4n) is 2.78. The molecule has 0 radical (unpaired) electrons. The first kappa shape index (κ1) is 16.1. The number of para-hydroxylation sites is 1. The highest BCUT2D eigenvalue weighted by atomic mass is 16.6.